The maximum absolute atomic E-state index is 12.6. The molecule has 180 valence electrons. The first-order valence-corrected chi connectivity index (χ1v) is 12.3. The number of piperidine rings is 1. The highest BCUT2D eigenvalue weighted by molar-refractivity contribution is 6.42. The number of aliphatic hydroxyl groups is 2. The number of aliphatic hydroxyl groups excluding tert-OH is 2. The molecule has 9 heteroatoms. The molecule has 1 aromatic rings. The fourth-order valence-electron chi connectivity index (χ4n) is 4.77. The number of β-amino-alcohol motifs (C(OH)–C–C–N with tert-alkyl or cyclic N) is 2. The van der Waals surface area contributed by atoms with E-state index in [4.69, 9.17) is 23.2 Å². The SMILES string of the molecule is O=C(/C=C/c1ccc(Cl)c(Cl)c1)N1CCC(=O)N(CC(O)CN2CCC3(CC3)C(O)C2)CC1. The Hall–Kier alpha value is -1.64. The number of rotatable bonds is 6. The lowest BCUT2D eigenvalue weighted by Crippen LogP contribution is -2.49. The zero-order valence-corrected chi connectivity index (χ0v) is 20.1. The van der Waals surface area contributed by atoms with Crippen LogP contribution in [0.2, 0.25) is 10.0 Å². The van der Waals surface area contributed by atoms with Crippen molar-refractivity contribution in [2.24, 2.45) is 5.41 Å². The molecule has 2 heterocycles. The van der Waals surface area contributed by atoms with Gasteiger partial charge in [0, 0.05) is 51.8 Å². The predicted octanol–water partition coefficient (Wildman–Crippen LogP) is 2.28. The third kappa shape index (κ3) is 6.08. The first-order valence-electron chi connectivity index (χ1n) is 11.5. The molecular formula is C24H31Cl2N3O4. The summed E-state index contributed by atoms with van der Waals surface area (Å²) in [5.41, 5.74) is 0.899. The van der Waals surface area contributed by atoms with Crippen molar-refractivity contribution in [2.45, 2.75) is 37.9 Å². The lowest BCUT2D eigenvalue weighted by Gasteiger charge is -2.37. The summed E-state index contributed by atoms with van der Waals surface area (Å²) >= 11 is 11.9. The van der Waals surface area contributed by atoms with E-state index in [0.717, 1.165) is 31.4 Å². The third-order valence-electron chi connectivity index (χ3n) is 7.12. The molecule has 0 radical (unpaired) electrons. The summed E-state index contributed by atoms with van der Waals surface area (Å²) in [5.74, 6) is -0.235. The van der Waals surface area contributed by atoms with Crippen LogP contribution < -0.4 is 0 Å². The molecule has 7 nitrogen and oxygen atoms in total. The third-order valence-corrected chi connectivity index (χ3v) is 7.86. The molecule has 33 heavy (non-hydrogen) atoms. The minimum Gasteiger partial charge on any atom is -0.391 e. The van der Waals surface area contributed by atoms with Gasteiger partial charge >= 0.3 is 0 Å². The van der Waals surface area contributed by atoms with Gasteiger partial charge in [0.2, 0.25) is 11.8 Å². The predicted molar refractivity (Wildman–Crippen MR) is 128 cm³/mol. The Morgan fingerprint density at radius 3 is 2.61 bits per heavy atom. The molecule has 2 aliphatic heterocycles. The average Bonchev–Trinajstić information content (AvgIpc) is 3.58. The van der Waals surface area contributed by atoms with E-state index >= 15 is 0 Å². The maximum atomic E-state index is 12.6. The van der Waals surface area contributed by atoms with Gasteiger partial charge in [0.1, 0.15) is 0 Å². The van der Waals surface area contributed by atoms with E-state index in [9.17, 15) is 19.8 Å². The molecule has 1 aromatic carbocycles. The highest BCUT2D eigenvalue weighted by atomic mass is 35.5. The quantitative estimate of drug-likeness (QED) is 0.591. The van der Waals surface area contributed by atoms with Crippen LogP contribution in [0, 0.1) is 5.41 Å². The van der Waals surface area contributed by atoms with Gasteiger partial charge in [-0.15, -0.1) is 0 Å². The number of amides is 2. The first-order chi connectivity index (χ1) is 15.8. The standard InChI is InChI=1S/C24H31Cl2N3O4/c25-19-3-1-17(13-20(19)26)2-4-22(32)28-9-5-23(33)29(12-11-28)15-18(30)14-27-10-8-24(6-7-24)21(31)16-27/h1-4,13,18,21,30-31H,5-12,14-16H2/b4-2+. The Bertz CT molecular complexity index is 921. The normalized spacial score (nSPS) is 24.4. The van der Waals surface area contributed by atoms with E-state index in [-0.39, 0.29) is 36.3 Å². The van der Waals surface area contributed by atoms with Crippen molar-refractivity contribution in [1.29, 1.82) is 0 Å². The van der Waals surface area contributed by atoms with Crippen molar-refractivity contribution >= 4 is 41.1 Å². The Morgan fingerprint density at radius 1 is 1.12 bits per heavy atom. The Balaban J connectivity index is 1.26. The lowest BCUT2D eigenvalue weighted by molar-refractivity contribution is -0.132. The number of carbonyl (C=O) groups excluding carboxylic acids is 2. The second-order valence-corrected chi connectivity index (χ2v) is 10.3. The second kappa shape index (κ2) is 10.3. The lowest BCUT2D eigenvalue weighted by atomic mass is 9.90. The summed E-state index contributed by atoms with van der Waals surface area (Å²) in [6, 6.07) is 5.14. The number of likely N-dealkylation sites (tertiary alicyclic amines) is 1. The number of halogens is 2. The van der Waals surface area contributed by atoms with Crippen LogP contribution in [0.25, 0.3) is 6.08 Å². The molecule has 1 spiro atoms. The molecule has 0 aromatic heterocycles. The van der Waals surface area contributed by atoms with Crippen LogP contribution >= 0.6 is 23.2 Å². The largest absolute Gasteiger partial charge is 0.391 e. The Kier molecular flexibility index (Phi) is 7.66. The molecular weight excluding hydrogens is 465 g/mol. The van der Waals surface area contributed by atoms with Crippen LogP contribution in [0.4, 0.5) is 0 Å². The van der Waals surface area contributed by atoms with Crippen LogP contribution in [0.1, 0.15) is 31.2 Å². The molecule has 2 atom stereocenters. The summed E-state index contributed by atoms with van der Waals surface area (Å²) in [4.78, 5) is 30.6. The van der Waals surface area contributed by atoms with Crippen LogP contribution in [0.3, 0.4) is 0 Å². The summed E-state index contributed by atoms with van der Waals surface area (Å²) in [5, 5.41) is 21.8. The van der Waals surface area contributed by atoms with Gasteiger partial charge in [0.25, 0.3) is 0 Å². The minimum absolute atomic E-state index is 0.0616. The van der Waals surface area contributed by atoms with Crippen molar-refractivity contribution in [3.05, 3.63) is 39.9 Å². The summed E-state index contributed by atoms with van der Waals surface area (Å²) in [7, 11) is 0. The van der Waals surface area contributed by atoms with Gasteiger partial charge in [-0.3, -0.25) is 14.5 Å². The highest BCUT2D eigenvalue weighted by Gasteiger charge is 2.51. The summed E-state index contributed by atoms with van der Waals surface area (Å²) in [6.07, 6.45) is 5.54. The molecule has 2 N–H and O–H groups in total. The average molecular weight is 496 g/mol. The van der Waals surface area contributed by atoms with Gasteiger partial charge < -0.3 is 20.0 Å². The first kappa shape index (κ1) is 24.5. The number of hydrogen-bond donors (Lipinski definition) is 2. The van der Waals surface area contributed by atoms with E-state index in [0.29, 0.717) is 42.8 Å². The molecule has 2 unspecified atom stereocenters. The summed E-state index contributed by atoms with van der Waals surface area (Å²) < 4.78 is 0. The van der Waals surface area contributed by atoms with Crippen molar-refractivity contribution in [3.8, 4) is 0 Å². The van der Waals surface area contributed by atoms with Gasteiger partial charge in [-0.05, 0) is 55.0 Å². The van der Waals surface area contributed by atoms with Crippen LogP contribution in [0.5, 0.6) is 0 Å². The fraction of sp³-hybridized carbons (Fsp3) is 0.583. The van der Waals surface area contributed by atoms with E-state index in [1.165, 1.54) is 6.08 Å². The molecule has 4 rings (SSSR count). The molecule has 1 saturated carbocycles. The molecule has 2 saturated heterocycles. The summed E-state index contributed by atoms with van der Waals surface area (Å²) in [6.45, 7) is 3.26. The van der Waals surface area contributed by atoms with Gasteiger partial charge in [-0.2, -0.15) is 0 Å². The van der Waals surface area contributed by atoms with Crippen molar-refractivity contribution in [3.63, 3.8) is 0 Å². The minimum atomic E-state index is -0.689. The Morgan fingerprint density at radius 2 is 1.91 bits per heavy atom. The van der Waals surface area contributed by atoms with Gasteiger partial charge in [0.15, 0.2) is 0 Å². The van der Waals surface area contributed by atoms with Crippen molar-refractivity contribution in [2.75, 3.05) is 45.8 Å². The van der Waals surface area contributed by atoms with Gasteiger partial charge in [-0.25, -0.2) is 0 Å². The van der Waals surface area contributed by atoms with Crippen LogP contribution in [-0.2, 0) is 9.59 Å². The Labute approximate surface area is 204 Å². The molecule has 3 fully saturated rings. The van der Waals surface area contributed by atoms with E-state index in [2.05, 4.69) is 4.90 Å². The van der Waals surface area contributed by atoms with Crippen LogP contribution in [0.15, 0.2) is 24.3 Å². The fourth-order valence-corrected chi connectivity index (χ4v) is 5.07. The highest BCUT2D eigenvalue weighted by Crippen LogP contribution is 2.53. The molecule has 0 bridgehead atoms. The second-order valence-electron chi connectivity index (χ2n) is 9.46. The van der Waals surface area contributed by atoms with Crippen LogP contribution in [-0.4, -0.2) is 94.7 Å². The topological polar surface area (TPSA) is 84.3 Å². The van der Waals surface area contributed by atoms with E-state index in [1.54, 1.807) is 34.1 Å². The zero-order valence-electron chi connectivity index (χ0n) is 18.6. The van der Waals surface area contributed by atoms with E-state index < -0.39 is 6.10 Å². The zero-order chi connectivity index (χ0) is 23.6. The van der Waals surface area contributed by atoms with Gasteiger partial charge in [0.05, 0.1) is 22.3 Å². The number of benzene rings is 1. The van der Waals surface area contributed by atoms with Crippen molar-refractivity contribution in [1.82, 2.24) is 14.7 Å². The molecule has 1 aliphatic carbocycles. The number of hydrogen-bond acceptors (Lipinski definition) is 5. The maximum Gasteiger partial charge on any atom is 0.246 e. The molecule has 3 aliphatic rings. The smallest absolute Gasteiger partial charge is 0.246 e. The van der Waals surface area contributed by atoms with Gasteiger partial charge in [-0.1, -0.05) is 29.3 Å². The number of carbonyl (C=O) groups is 2. The monoisotopic (exact) mass is 495 g/mol. The number of nitrogens with zero attached hydrogens (tertiary/aromatic N) is 3. The molecule has 2 amide bonds. The van der Waals surface area contributed by atoms with E-state index in [1.807, 2.05) is 0 Å². The van der Waals surface area contributed by atoms with Crippen molar-refractivity contribution < 1.29 is 19.8 Å².